The molecule has 1 atom stereocenters. The normalized spacial score (nSPS) is 15.0. The van der Waals surface area contributed by atoms with Crippen LogP contribution in [0, 0.1) is 11.7 Å². The summed E-state index contributed by atoms with van der Waals surface area (Å²) in [4.78, 5) is 14.7. The predicted molar refractivity (Wildman–Crippen MR) is 101 cm³/mol. The van der Waals surface area contributed by atoms with Crippen molar-refractivity contribution in [3.63, 3.8) is 0 Å². The Labute approximate surface area is 154 Å². The Morgan fingerprint density at radius 1 is 1.27 bits per heavy atom. The van der Waals surface area contributed by atoms with Crippen molar-refractivity contribution in [3.8, 4) is 5.75 Å². The predicted octanol–water partition coefficient (Wildman–Crippen LogP) is 4.67. The highest BCUT2D eigenvalue weighted by molar-refractivity contribution is 5.92. The lowest BCUT2D eigenvalue weighted by Gasteiger charge is -2.28. The van der Waals surface area contributed by atoms with Gasteiger partial charge in [-0.2, -0.15) is 0 Å². The Balaban J connectivity index is 1.75. The van der Waals surface area contributed by atoms with E-state index in [4.69, 9.17) is 4.74 Å². The molecule has 1 fully saturated rings. The number of amides is 1. The molecular formula is C22H24FNO2. The minimum atomic E-state index is -0.305. The van der Waals surface area contributed by atoms with E-state index in [0.29, 0.717) is 18.0 Å². The lowest BCUT2D eigenvalue weighted by atomic mass is 10.1. The van der Waals surface area contributed by atoms with E-state index in [1.54, 1.807) is 25.3 Å². The summed E-state index contributed by atoms with van der Waals surface area (Å²) in [7, 11) is 1.64. The SMILES string of the molecule is COc1ccc(CN(C(=O)/C=C/c2cccc(F)c2)C(C)C2CC2)cc1. The molecule has 1 saturated carbocycles. The smallest absolute Gasteiger partial charge is 0.247 e. The molecule has 3 nitrogen and oxygen atoms in total. The minimum Gasteiger partial charge on any atom is -0.497 e. The van der Waals surface area contributed by atoms with Crippen molar-refractivity contribution < 1.29 is 13.9 Å². The van der Waals surface area contributed by atoms with Gasteiger partial charge >= 0.3 is 0 Å². The molecule has 0 aromatic heterocycles. The minimum absolute atomic E-state index is 0.0514. The quantitative estimate of drug-likeness (QED) is 0.677. The van der Waals surface area contributed by atoms with Crippen LogP contribution in [0.15, 0.2) is 54.6 Å². The third kappa shape index (κ3) is 4.72. The number of hydrogen-bond acceptors (Lipinski definition) is 2. The Bertz CT molecular complexity index is 781. The topological polar surface area (TPSA) is 29.5 Å². The number of benzene rings is 2. The molecule has 0 saturated heterocycles. The van der Waals surface area contributed by atoms with E-state index in [0.717, 1.165) is 11.3 Å². The average Bonchev–Trinajstić information content (AvgIpc) is 3.49. The van der Waals surface area contributed by atoms with Crippen LogP contribution in [-0.4, -0.2) is 24.0 Å². The molecule has 0 heterocycles. The van der Waals surface area contributed by atoms with E-state index >= 15 is 0 Å². The zero-order valence-corrected chi connectivity index (χ0v) is 15.2. The van der Waals surface area contributed by atoms with Crippen LogP contribution in [0.2, 0.25) is 0 Å². The van der Waals surface area contributed by atoms with Gasteiger partial charge in [-0.15, -0.1) is 0 Å². The fraction of sp³-hybridized carbons (Fsp3) is 0.318. The third-order valence-electron chi connectivity index (χ3n) is 4.86. The molecule has 26 heavy (non-hydrogen) atoms. The highest BCUT2D eigenvalue weighted by Gasteiger charge is 2.33. The summed E-state index contributed by atoms with van der Waals surface area (Å²) in [6.07, 6.45) is 5.55. The molecule has 1 aliphatic carbocycles. The standard InChI is InChI=1S/C22H24FNO2/c1-16(19-9-10-19)24(15-18-6-11-21(26-2)12-7-18)22(25)13-8-17-4-3-5-20(23)14-17/h3-8,11-14,16,19H,9-10,15H2,1-2H3/b13-8+. The Morgan fingerprint density at radius 3 is 2.62 bits per heavy atom. The van der Waals surface area contributed by atoms with Crippen molar-refractivity contribution in [2.45, 2.75) is 32.4 Å². The number of hydrogen-bond donors (Lipinski definition) is 0. The van der Waals surface area contributed by atoms with E-state index in [2.05, 4.69) is 6.92 Å². The largest absolute Gasteiger partial charge is 0.497 e. The number of carbonyl (C=O) groups excluding carboxylic acids is 1. The summed E-state index contributed by atoms with van der Waals surface area (Å²) in [6.45, 7) is 2.66. The van der Waals surface area contributed by atoms with Crippen molar-refractivity contribution in [1.82, 2.24) is 4.90 Å². The molecule has 1 aliphatic rings. The maximum absolute atomic E-state index is 13.3. The zero-order valence-electron chi connectivity index (χ0n) is 15.2. The highest BCUT2D eigenvalue weighted by atomic mass is 19.1. The van der Waals surface area contributed by atoms with Crippen LogP contribution in [0.1, 0.15) is 30.9 Å². The van der Waals surface area contributed by atoms with Gasteiger partial charge in [0.25, 0.3) is 0 Å². The third-order valence-corrected chi connectivity index (χ3v) is 4.86. The Morgan fingerprint density at radius 2 is 2.00 bits per heavy atom. The maximum atomic E-state index is 13.3. The van der Waals surface area contributed by atoms with Crippen LogP contribution in [0.4, 0.5) is 4.39 Å². The van der Waals surface area contributed by atoms with Crippen LogP contribution >= 0.6 is 0 Å². The Hall–Kier alpha value is -2.62. The lowest BCUT2D eigenvalue weighted by Crippen LogP contribution is -2.38. The first kappa shape index (κ1) is 18.2. The van der Waals surface area contributed by atoms with Crippen LogP contribution in [0.5, 0.6) is 5.75 Å². The van der Waals surface area contributed by atoms with E-state index in [9.17, 15) is 9.18 Å². The van der Waals surface area contributed by atoms with Gasteiger partial charge in [0.1, 0.15) is 11.6 Å². The monoisotopic (exact) mass is 353 g/mol. The van der Waals surface area contributed by atoms with E-state index in [1.165, 1.54) is 31.1 Å². The van der Waals surface area contributed by atoms with Gasteiger partial charge in [0, 0.05) is 18.7 Å². The molecule has 0 spiro atoms. The van der Waals surface area contributed by atoms with Crippen LogP contribution < -0.4 is 4.74 Å². The maximum Gasteiger partial charge on any atom is 0.247 e. The molecule has 0 N–H and O–H groups in total. The van der Waals surface area contributed by atoms with Gasteiger partial charge in [-0.3, -0.25) is 4.79 Å². The molecule has 1 unspecified atom stereocenters. The molecule has 1 amide bonds. The van der Waals surface area contributed by atoms with Gasteiger partial charge in [-0.25, -0.2) is 4.39 Å². The molecular weight excluding hydrogens is 329 g/mol. The van der Waals surface area contributed by atoms with Crippen molar-refractivity contribution in [2.75, 3.05) is 7.11 Å². The molecule has 3 rings (SSSR count). The molecule has 2 aromatic rings. The van der Waals surface area contributed by atoms with Gasteiger partial charge in [0.05, 0.1) is 7.11 Å². The van der Waals surface area contributed by atoms with Crippen molar-refractivity contribution in [3.05, 3.63) is 71.6 Å². The van der Waals surface area contributed by atoms with Gasteiger partial charge in [0.2, 0.25) is 5.91 Å². The number of methoxy groups -OCH3 is 1. The zero-order chi connectivity index (χ0) is 18.5. The number of carbonyl (C=O) groups is 1. The summed E-state index contributed by atoms with van der Waals surface area (Å²) < 4.78 is 18.5. The number of nitrogens with zero attached hydrogens (tertiary/aromatic N) is 1. The second kappa shape index (κ2) is 8.17. The van der Waals surface area contributed by atoms with E-state index in [-0.39, 0.29) is 17.8 Å². The van der Waals surface area contributed by atoms with Crippen molar-refractivity contribution in [1.29, 1.82) is 0 Å². The first-order valence-corrected chi connectivity index (χ1v) is 8.94. The van der Waals surface area contributed by atoms with Gasteiger partial charge < -0.3 is 9.64 Å². The molecule has 0 bridgehead atoms. The molecule has 0 radical (unpaired) electrons. The fourth-order valence-electron chi connectivity index (χ4n) is 3.06. The lowest BCUT2D eigenvalue weighted by molar-refractivity contribution is -0.129. The Kier molecular flexibility index (Phi) is 5.71. The highest BCUT2D eigenvalue weighted by Crippen LogP contribution is 2.36. The second-order valence-electron chi connectivity index (χ2n) is 6.78. The van der Waals surface area contributed by atoms with Crippen molar-refractivity contribution in [2.24, 2.45) is 5.92 Å². The number of halogens is 1. The van der Waals surface area contributed by atoms with E-state index < -0.39 is 0 Å². The van der Waals surface area contributed by atoms with Crippen molar-refractivity contribution >= 4 is 12.0 Å². The summed E-state index contributed by atoms with van der Waals surface area (Å²) in [5.41, 5.74) is 1.74. The first-order chi connectivity index (χ1) is 12.6. The number of rotatable bonds is 7. The molecule has 136 valence electrons. The van der Waals surface area contributed by atoms with Gasteiger partial charge in [-0.05, 0) is 67.2 Å². The summed E-state index contributed by atoms with van der Waals surface area (Å²) in [6, 6.07) is 14.2. The molecule has 0 aliphatic heterocycles. The van der Waals surface area contributed by atoms with Crippen LogP contribution in [0.3, 0.4) is 0 Å². The first-order valence-electron chi connectivity index (χ1n) is 8.94. The van der Waals surface area contributed by atoms with Gasteiger partial charge in [0.15, 0.2) is 0 Å². The summed E-state index contributed by atoms with van der Waals surface area (Å²) >= 11 is 0. The fourth-order valence-corrected chi connectivity index (χ4v) is 3.06. The number of ether oxygens (including phenoxy) is 1. The molecule has 4 heteroatoms. The van der Waals surface area contributed by atoms with Gasteiger partial charge in [-0.1, -0.05) is 24.3 Å². The summed E-state index contributed by atoms with van der Waals surface area (Å²) in [5.74, 6) is 1.01. The van der Waals surface area contributed by atoms with Crippen LogP contribution in [-0.2, 0) is 11.3 Å². The van der Waals surface area contributed by atoms with Crippen LogP contribution in [0.25, 0.3) is 6.08 Å². The average molecular weight is 353 g/mol. The van der Waals surface area contributed by atoms with E-state index in [1.807, 2.05) is 29.2 Å². The second-order valence-corrected chi connectivity index (χ2v) is 6.78. The summed E-state index contributed by atoms with van der Waals surface area (Å²) in [5, 5.41) is 0. The molecule has 2 aromatic carbocycles.